The van der Waals surface area contributed by atoms with Gasteiger partial charge in [0.1, 0.15) is 6.54 Å². The molecule has 2 aromatic heterocycles. The normalized spacial score (nSPS) is 11.3. The highest BCUT2D eigenvalue weighted by atomic mass is 16.5. The molecule has 0 saturated heterocycles. The van der Waals surface area contributed by atoms with Crippen LogP contribution in [0, 0.1) is 0 Å². The summed E-state index contributed by atoms with van der Waals surface area (Å²) in [5.41, 5.74) is 3.81. The minimum atomic E-state index is -0.347. The van der Waals surface area contributed by atoms with Gasteiger partial charge in [0.15, 0.2) is 5.82 Å². The van der Waals surface area contributed by atoms with E-state index in [1.54, 1.807) is 6.92 Å². The first kappa shape index (κ1) is 26.0. The lowest BCUT2D eigenvalue weighted by molar-refractivity contribution is -0.144. The lowest BCUT2D eigenvalue weighted by Crippen LogP contribution is -2.26. The number of carbonyl (C=O) groups excluding carboxylic acids is 1. The molecule has 0 aliphatic heterocycles. The Morgan fingerprint density at radius 2 is 1.62 bits per heavy atom. The number of aromatic nitrogens is 5. The van der Waals surface area contributed by atoms with Crippen molar-refractivity contribution in [3.05, 3.63) is 78.6 Å². The van der Waals surface area contributed by atoms with Crippen LogP contribution in [0.1, 0.15) is 45.9 Å². The molecule has 0 spiro atoms. The first-order chi connectivity index (χ1) is 18.0. The number of hydrogen-bond donors (Lipinski definition) is 0. The molecule has 0 saturated carbocycles. The van der Waals surface area contributed by atoms with Gasteiger partial charge in [-0.05, 0) is 53.8 Å². The first-order valence-corrected chi connectivity index (χ1v) is 12.6. The molecule has 0 aliphatic carbocycles. The third-order valence-corrected chi connectivity index (χ3v) is 6.15. The highest BCUT2D eigenvalue weighted by Crippen LogP contribution is 2.30. The molecule has 0 unspecified atom stereocenters. The van der Waals surface area contributed by atoms with Crippen LogP contribution in [-0.4, -0.2) is 44.4 Å². The third kappa shape index (κ3) is 7.00. The van der Waals surface area contributed by atoms with Crippen molar-refractivity contribution in [2.24, 2.45) is 0 Å². The molecular weight excluding hydrogens is 466 g/mol. The Morgan fingerprint density at radius 1 is 0.919 bits per heavy atom. The Balaban J connectivity index is 1.38. The highest BCUT2D eigenvalue weighted by Gasteiger charge is 2.28. The van der Waals surface area contributed by atoms with Gasteiger partial charge in [-0.15, -0.1) is 5.10 Å². The molecule has 0 atom stereocenters. The maximum Gasteiger partial charge on any atom is 0.327 e. The molecule has 0 fully saturated rings. The number of carbonyl (C=O) groups is 1. The number of rotatable bonds is 12. The van der Waals surface area contributed by atoms with E-state index in [1.807, 2.05) is 42.5 Å². The summed E-state index contributed by atoms with van der Waals surface area (Å²) in [5.74, 6) is 0.935. The fraction of sp³-hybridized carbons (Fsp3) is 0.345. The van der Waals surface area contributed by atoms with Crippen LogP contribution in [0.2, 0.25) is 0 Å². The number of ether oxygens (including phenoxy) is 2. The Bertz CT molecular complexity index is 1230. The average Bonchev–Trinajstić information content (AvgIpc) is 3.38. The summed E-state index contributed by atoms with van der Waals surface area (Å²) >= 11 is 0. The molecule has 0 radical (unpaired) electrons. The summed E-state index contributed by atoms with van der Waals surface area (Å²) < 4.78 is 12.7. The van der Waals surface area contributed by atoms with Crippen molar-refractivity contribution in [2.75, 3.05) is 13.2 Å². The number of nitrogens with zero attached hydrogens (tertiary/aromatic N) is 5. The molecule has 2 heterocycles. The molecule has 8 heteroatoms. The van der Waals surface area contributed by atoms with Crippen molar-refractivity contribution < 1.29 is 14.3 Å². The van der Waals surface area contributed by atoms with Gasteiger partial charge in [-0.1, -0.05) is 74.5 Å². The maximum absolute atomic E-state index is 11.9. The van der Waals surface area contributed by atoms with E-state index in [0.717, 1.165) is 41.6 Å². The fourth-order valence-electron chi connectivity index (χ4n) is 4.22. The van der Waals surface area contributed by atoms with Crippen LogP contribution in [0.3, 0.4) is 0 Å². The van der Waals surface area contributed by atoms with Crippen LogP contribution in [0.15, 0.2) is 72.8 Å². The molecule has 4 rings (SSSR count). The van der Waals surface area contributed by atoms with Gasteiger partial charge < -0.3 is 9.47 Å². The van der Waals surface area contributed by atoms with Crippen LogP contribution < -0.4 is 4.74 Å². The molecule has 0 amide bonds. The second-order valence-corrected chi connectivity index (χ2v) is 9.47. The smallest absolute Gasteiger partial charge is 0.327 e. The molecule has 2 aromatic carbocycles. The zero-order valence-corrected chi connectivity index (χ0v) is 21.6. The summed E-state index contributed by atoms with van der Waals surface area (Å²) in [6, 6.07) is 24.5. The minimum absolute atomic E-state index is 0.00981. The van der Waals surface area contributed by atoms with Gasteiger partial charge in [-0.3, -0.25) is 4.79 Å². The van der Waals surface area contributed by atoms with Crippen LogP contribution >= 0.6 is 0 Å². The monoisotopic (exact) mass is 499 g/mol. The van der Waals surface area contributed by atoms with Crippen molar-refractivity contribution in [1.29, 1.82) is 0 Å². The van der Waals surface area contributed by atoms with E-state index in [9.17, 15) is 4.79 Å². The van der Waals surface area contributed by atoms with Crippen LogP contribution in [0.25, 0.3) is 22.4 Å². The third-order valence-electron chi connectivity index (χ3n) is 6.15. The van der Waals surface area contributed by atoms with E-state index in [4.69, 9.17) is 14.5 Å². The number of benzene rings is 2. The predicted molar refractivity (Wildman–Crippen MR) is 142 cm³/mol. The van der Waals surface area contributed by atoms with Gasteiger partial charge in [0.05, 0.1) is 18.9 Å². The zero-order chi connectivity index (χ0) is 26.1. The molecule has 4 aromatic rings. The standard InChI is InChI=1S/C29H33N5O3/c1-4-36-27(35)21-34-28(31-32-33-34)29(2,3)17-11-12-18-37-26-20-24(22-13-7-5-8-14-22)19-25(30-26)23-15-9-6-10-16-23/h5-10,13-16,19-20H,4,11-12,17-18,21H2,1-3H3. The number of pyridine rings is 1. The van der Waals surface area contributed by atoms with E-state index in [2.05, 4.69) is 59.7 Å². The Morgan fingerprint density at radius 3 is 2.32 bits per heavy atom. The Kier molecular flexibility index (Phi) is 8.61. The quantitative estimate of drug-likeness (QED) is 0.188. The number of tetrazole rings is 1. The highest BCUT2D eigenvalue weighted by molar-refractivity contribution is 5.71. The molecule has 0 N–H and O–H groups in total. The van der Waals surface area contributed by atoms with Gasteiger partial charge in [-0.25, -0.2) is 9.67 Å². The summed E-state index contributed by atoms with van der Waals surface area (Å²) in [7, 11) is 0. The van der Waals surface area contributed by atoms with E-state index < -0.39 is 0 Å². The number of unbranched alkanes of at least 4 members (excludes halogenated alkanes) is 1. The van der Waals surface area contributed by atoms with E-state index in [0.29, 0.717) is 24.9 Å². The number of esters is 1. The summed E-state index contributed by atoms with van der Waals surface area (Å²) in [4.78, 5) is 16.7. The fourth-order valence-corrected chi connectivity index (χ4v) is 4.22. The summed E-state index contributed by atoms with van der Waals surface area (Å²) in [6.45, 7) is 6.83. The van der Waals surface area contributed by atoms with Gasteiger partial charge >= 0.3 is 5.97 Å². The topological polar surface area (TPSA) is 92.0 Å². The molecule has 37 heavy (non-hydrogen) atoms. The molecular formula is C29H33N5O3. The molecule has 8 nitrogen and oxygen atoms in total. The molecule has 0 aliphatic rings. The van der Waals surface area contributed by atoms with Gasteiger partial charge in [0.25, 0.3) is 0 Å². The lowest BCUT2D eigenvalue weighted by atomic mass is 9.86. The van der Waals surface area contributed by atoms with E-state index in [-0.39, 0.29) is 17.9 Å². The van der Waals surface area contributed by atoms with Crippen molar-refractivity contribution in [3.8, 4) is 28.3 Å². The molecule has 192 valence electrons. The average molecular weight is 500 g/mol. The largest absolute Gasteiger partial charge is 0.478 e. The minimum Gasteiger partial charge on any atom is -0.478 e. The van der Waals surface area contributed by atoms with Crippen molar-refractivity contribution in [2.45, 2.75) is 52.0 Å². The van der Waals surface area contributed by atoms with Gasteiger partial charge in [-0.2, -0.15) is 0 Å². The first-order valence-electron chi connectivity index (χ1n) is 12.6. The van der Waals surface area contributed by atoms with Gasteiger partial charge in [0.2, 0.25) is 5.88 Å². The second-order valence-electron chi connectivity index (χ2n) is 9.47. The SMILES string of the molecule is CCOC(=O)Cn1nnnc1C(C)(C)CCCCOc1cc(-c2ccccc2)cc(-c2ccccc2)n1. The second kappa shape index (κ2) is 12.3. The Hall–Kier alpha value is -4.07. The maximum atomic E-state index is 11.9. The van der Waals surface area contributed by atoms with Crippen molar-refractivity contribution in [1.82, 2.24) is 25.2 Å². The predicted octanol–water partition coefficient (Wildman–Crippen LogP) is 5.49. The zero-order valence-electron chi connectivity index (χ0n) is 21.6. The van der Waals surface area contributed by atoms with Gasteiger partial charge in [0, 0.05) is 17.0 Å². The van der Waals surface area contributed by atoms with Crippen LogP contribution in [0.4, 0.5) is 0 Å². The van der Waals surface area contributed by atoms with Crippen LogP contribution in [0.5, 0.6) is 5.88 Å². The van der Waals surface area contributed by atoms with E-state index >= 15 is 0 Å². The molecule has 0 bridgehead atoms. The van der Waals surface area contributed by atoms with E-state index in [1.165, 1.54) is 4.68 Å². The van der Waals surface area contributed by atoms with Crippen LogP contribution in [-0.2, 0) is 21.5 Å². The lowest BCUT2D eigenvalue weighted by Gasteiger charge is -2.23. The van der Waals surface area contributed by atoms with Crippen molar-refractivity contribution in [3.63, 3.8) is 0 Å². The number of hydrogen-bond acceptors (Lipinski definition) is 7. The summed E-state index contributed by atoms with van der Waals surface area (Å²) in [5, 5.41) is 11.9. The van der Waals surface area contributed by atoms with Crippen molar-refractivity contribution >= 4 is 5.97 Å². The summed E-state index contributed by atoms with van der Waals surface area (Å²) in [6.07, 6.45) is 2.59. The Labute approximate surface area is 217 Å².